The van der Waals surface area contributed by atoms with Crippen LogP contribution >= 0.6 is 0 Å². The second-order valence-corrected chi connectivity index (χ2v) is 5.48. The van der Waals surface area contributed by atoms with E-state index in [0.29, 0.717) is 31.2 Å². The third-order valence-electron chi connectivity index (χ3n) is 4.07. The van der Waals surface area contributed by atoms with Gasteiger partial charge >= 0.3 is 5.97 Å². The van der Waals surface area contributed by atoms with Crippen LogP contribution in [0.1, 0.15) is 31.9 Å². The van der Waals surface area contributed by atoms with Gasteiger partial charge in [-0.1, -0.05) is 13.3 Å². The highest BCUT2D eigenvalue weighted by Gasteiger charge is 2.33. The fraction of sp³-hybridized carbons (Fsp3) is 0.600. The molecule has 1 aliphatic rings. The van der Waals surface area contributed by atoms with E-state index in [-0.39, 0.29) is 12.5 Å². The van der Waals surface area contributed by atoms with Crippen molar-refractivity contribution in [3.05, 3.63) is 24.2 Å². The molecule has 0 aliphatic carbocycles. The number of carbonyl (C=O) groups excluding carboxylic acids is 1. The number of hydrogen-bond acceptors (Lipinski definition) is 4. The summed E-state index contributed by atoms with van der Waals surface area (Å²) in [6.07, 6.45) is 4.11. The van der Waals surface area contributed by atoms with E-state index >= 15 is 0 Å². The maximum Gasteiger partial charge on any atom is 0.320 e. The number of piperidine rings is 1. The molecule has 0 saturated carbocycles. The molecular weight excluding hydrogens is 272 g/mol. The molecule has 2 N–H and O–H groups in total. The number of aliphatic carboxylic acids is 1. The molecule has 116 valence electrons. The fourth-order valence-electron chi connectivity index (χ4n) is 2.74. The number of nitrogens with one attached hydrogen (secondary N) is 1. The van der Waals surface area contributed by atoms with Crippen molar-refractivity contribution in [1.82, 2.24) is 10.2 Å². The minimum absolute atomic E-state index is 0.119. The Balaban J connectivity index is 1.85. The average Bonchev–Trinajstić information content (AvgIpc) is 2.98. The molecule has 1 aromatic rings. The summed E-state index contributed by atoms with van der Waals surface area (Å²) in [6, 6.07) is 2.99. The number of likely N-dealkylation sites (tertiary alicyclic amines) is 1. The van der Waals surface area contributed by atoms with Crippen molar-refractivity contribution in [1.29, 1.82) is 0 Å². The van der Waals surface area contributed by atoms with Gasteiger partial charge in [0.05, 0.1) is 19.4 Å². The molecule has 1 aliphatic heterocycles. The summed E-state index contributed by atoms with van der Waals surface area (Å²) in [5, 5.41) is 12.1. The molecule has 2 unspecified atom stereocenters. The summed E-state index contributed by atoms with van der Waals surface area (Å²) in [7, 11) is 0. The summed E-state index contributed by atoms with van der Waals surface area (Å²) < 4.78 is 5.14. The van der Waals surface area contributed by atoms with Crippen LogP contribution < -0.4 is 5.32 Å². The van der Waals surface area contributed by atoms with Crippen LogP contribution in [-0.2, 0) is 16.1 Å². The van der Waals surface area contributed by atoms with Crippen molar-refractivity contribution in [3.63, 3.8) is 0 Å². The van der Waals surface area contributed by atoms with Crippen LogP contribution in [0.25, 0.3) is 0 Å². The van der Waals surface area contributed by atoms with E-state index < -0.39 is 12.0 Å². The summed E-state index contributed by atoms with van der Waals surface area (Å²) in [4.78, 5) is 25.1. The summed E-state index contributed by atoms with van der Waals surface area (Å²) in [6.45, 7) is 3.18. The quantitative estimate of drug-likeness (QED) is 0.830. The number of carboxylic acids is 1. The van der Waals surface area contributed by atoms with Gasteiger partial charge in [-0.15, -0.1) is 0 Å². The number of carbonyl (C=O) groups is 2. The predicted octanol–water partition coefficient (Wildman–Crippen LogP) is 1.47. The van der Waals surface area contributed by atoms with E-state index in [2.05, 4.69) is 12.2 Å². The molecule has 0 aromatic carbocycles. The number of nitrogens with zero attached hydrogens (tertiary/aromatic N) is 1. The van der Waals surface area contributed by atoms with Gasteiger partial charge in [0.2, 0.25) is 5.91 Å². The lowest BCUT2D eigenvalue weighted by Crippen LogP contribution is -2.50. The Morgan fingerprint density at radius 2 is 2.33 bits per heavy atom. The first-order chi connectivity index (χ1) is 10.1. The Bertz CT molecular complexity index is 472. The van der Waals surface area contributed by atoms with Crippen LogP contribution in [0, 0.1) is 5.92 Å². The molecule has 2 rings (SSSR count). The Morgan fingerprint density at radius 1 is 1.52 bits per heavy atom. The van der Waals surface area contributed by atoms with Crippen LogP contribution in [0.3, 0.4) is 0 Å². The highest BCUT2D eigenvalue weighted by atomic mass is 16.4. The maximum absolute atomic E-state index is 11.9. The Morgan fingerprint density at radius 3 is 2.95 bits per heavy atom. The van der Waals surface area contributed by atoms with E-state index in [1.807, 2.05) is 0 Å². The maximum atomic E-state index is 11.9. The standard InChI is InChI=1S/C15H22N2O4/c1-2-11-5-6-17(13(8-11)15(19)20)10-14(18)16-9-12-4-3-7-21-12/h3-4,7,11,13H,2,5-6,8-10H2,1H3,(H,16,18)(H,19,20). The van der Waals surface area contributed by atoms with Gasteiger partial charge in [0.25, 0.3) is 0 Å². The van der Waals surface area contributed by atoms with Crippen LogP contribution in [0.15, 0.2) is 22.8 Å². The summed E-state index contributed by atoms with van der Waals surface area (Å²) in [5.74, 6) is 0.107. The zero-order valence-electron chi connectivity index (χ0n) is 12.2. The van der Waals surface area contributed by atoms with Gasteiger partial charge in [-0.3, -0.25) is 14.5 Å². The minimum atomic E-state index is -0.841. The molecule has 1 amide bonds. The third-order valence-corrected chi connectivity index (χ3v) is 4.07. The number of furan rings is 1. The molecule has 1 aromatic heterocycles. The zero-order chi connectivity index (χ0) is 15.2. The third kappa shape index (κ3) is 4.32. The number of amides is 1. The van der Waals surface area contributed by atoms with Crippen LogP contribution in [0.5, 0.6) is 0 Å². The van der Waals surface area contributed by atoms with Crippen molar-refractivity contribution in [2.45, 2.75) is 38.8 Å². The van der Waals surface area contributed by atoms with E-state index in [4.69, 9.17) is 4.42 Å². The Kier molecular flexibility index (Phi) is 5.38. The van der Waals surface area contributed by atoms with Gasteiger partial charge in [-0.25, -0.2) is 0 Å². The van der Waals surface area contributed by atoms with Gasteiger partial charge in [-0.2, -0.15) is 0 Å². The lowest BCUT2D eigenvalue weighted by atomic mass is 9.89. The minimum Gasteiger partial charge on any atom is -0.480 e. The molecule has 6 heteroatoms. The van der Waals surface area contributed by atoms with Crippen molar-refractivity contribution in [3.8, 4) is 0 Å². The van der Waals surface area contributed by atoms with Gasteiger partial charge in [-0.05, 0) is 37.4 Å². The second-order valence-electron chi connectivity index (χ2n) is 5.48. The Hall–Kier alpha value is -1.82. The van der Waals surface area contributed by atoms with E-state index in [1.165, 1.54) is 0 Å². The number of hydrogen-bond donors (Lipinski definition) is 2. The first-order valence-electron chi connectivity index (χ1n) is 7.36. The van der Waals surface area contributed by atoms with Crippen molar-refractivity contribution >= 4 is 11.9 Å². The molecule has 6 nitrogen and oxygen atoms in total. The van der Waals surface area contributed by atoms with Gasteiger partial charge < -0.3 is 14.8 Å². The lowest BCUT2D eigenvalue weighted by Gasteiger charge is -2.36. The highest BCUT2D eigenvalue weighted by molar-refractivity contribution is 5.80. The van der Waals surface area contributed by atoms with Gasteiger partial charge in [0, 0.05) is 0 Å². The average molecular weight is 294 g/mol. The summed E-state index contributed by atoms with van der Waals surface area (Å²) >= 11 is 0. The largest absolute Gasteiger partial charge is 0.480 e. The van der Waals surface area contributed by atoms with Crippen molar-refractivity contribution < 1.29 is 19.1 Å². The predicted molar refractivity (Wildman–Crippen MR) is 76.6 cm³/mol. The molecule has 0 spiro atoms. The monoisotopic (exact) mass is 294 g/mol. The molecule has 1 fully saturated rings. The van der Waals surface area contributed by atoms with Crippen LogP contribution in [0.2, 0.25) is 0 Å². The fourth-order valence-corrected chi connectivity index (χ4v) is 2.74. The molecule has 2 heterocycles. The first kappa shape index (κ1) is 15.6. The molecule has 1 saturated heterocycles. The Labute approximate surface area is 124 Å². The smallest absolute Gasteiger partial charge is 0.320 e. The summed E-state index contributed by atoms with van der Waals surface area (Å²) in [5.41, 5.74) is 0. The topological polar surface area (TPSA) is 82.8 Å². The number of carboxylic acid groups (broad SMARTS) is 1. The van der Waals surface area contributed by atoms with Gasteiger partial charge in [0.15, 0.2) is 0 Å². The van der Waals surface area contributed by atoms with Gasteiger partial charge in [0.1, 0.15) is 11.8 Å². The van der Waals surface area contributed by atoms with Crippen LogP contribution in [0.4, 0.5) is 0 Å². The SMILES string of the molecule is CCC1CCN(CC(=O)NCc2ccco2)C(C(=O)O)C1. The van der Waals surface area contributed by atoms with Crippen molar-refractivity contribution in [2.75, 3.05) is 13.1 Å². The molecular formula is C15H22N2O4. The number of rotatable bonds is 6. The van der Waals surface area contributed by atoms with E-state index in [0.717, 1.165) is 12.8 Å². The van der Waals surface area contributed by atoms with Crippen molar-refractivity contribution in [2.24, 2.45) is 5.92 Å². The molecule has 21 heavy (non-hydrogen) atoms. The first-order valence-corrected chi connectivity index (χ1v) is 7.36. The van der Waals surface area contributed by atoms with Crippen LogP contribution in [-0.4, -0.2) is 41.0 Å². The normalized spacial score (nSPS) is 22.9. The highest BCUT2D eigenvalue weighted by Crippen LogP contribution is 2.25. The molecule has 0 bridgehead atoms. The second kappa shape index (κ2) is 7.26. The van der Waals surface area contributed by atoms with E-state index in [9.17, 15) is 14.7 Å². The van der Waals surface area contributed by atoms with E-state index in [1.54, 1.807) is 23.3 Å². The lowest BCUT2D eigenvalue weighted by molar-refractivity contribution is -0.146. The molecule has 2 atom stereocenters. The zero-order valence-corrected chi connectivity index (χ0v) is 12.2. The molecule has 0 radical (unpaired) electrons.